The standard InChI is InChI=1S/C14H21NO/c1-3-14(15,4-2)10-12-9-11-7-5-6-8-13(11)16-12/h5-8,12H,3-4,9-10,15H2,1-2H3. The maximum Gasteiger partial charge on any atom is 0.123 e. The Morgan fingerprint density at radius 1 is 1.31 bits per heavy atom. The van der Waals surface area contributed by atoms with Gasteiger partial charge in [0.25, 0.3) is 0 Å². The second kappa shape index (κ2) is 4.46. The molecule has 2 rings (SSSR count). The molecule has 1 aromatic carbocycles. The van der Waals surface area contributed by atoms with E-state index >= 15 is 0 Å². The Morgan fingerprint density at radius 3 is 2.62 bits per heavy atom. The number of benzene rings is 1. The number of nitrogens with two attached hydrogens (primary N) is 1. The first-order valence-electron chi connectivity index (χ1n) is 6.20. The van der Waals surface area contributed by atoms with Crippen molar-refractivity contribution in [2.75, 3.05) is 0 Å². The number of para-hydroxylation sites is 1. The van der Waals surface area contributed by atoms with Gasteiger partial charge in [0, 0.05) is 18.4 Å². The molecule has 2 N–H and O–H groups in total. The monoisotopic (exact) mass is 219 g/mol. The molecule has 88 valence electrons. The molecule has 1 heterocycles. The first-order chi connectivity index (χ1) is 7.67. The summed E-state index contributed by atoms with van der Waals surface area (Å²) in [7, 11) is 0. The van der Waals surface area contributed by atoms with Crippen LogP contribution in [0.25, 0.3) is 0 Å². The van der Waals surface area contributed by atoms with Gasteiger partial charge in [-0.25, -0.2) is 0 Å². The summed E-state index contributed by atoms with van der Waals surface area (Å²) in [4.78, 5) is 0. The average Bonchev–Trinajstić information content (AvgIpc) is 2.70. The molecule has 0 saturated heterocycles. The zero-order valence-electron chi connectivity index (χ0n) is 10.2. The van der Waals surface area contributed by atoms with Gasteiger partial charge in [-0.05, 0) is 24.5 Å². The van der Waals surface area contributed by atoms with Crippen molar-refractivity contribution in [3.05, 3.63) is 29.8 Å². The number of hydrogen-bond donors (Lipinski definition) is 1. The van der Waals surface area contributed by atoms with E-state index in [0.29, 0.717) is 0 Å². The van der Waals surface area contributed by atoms with Gasteiger partial charge in [-0.3, -0.25) is 0 Å². The summed E-state index contributed by atoms with van der Waals surface area (Å²) in [5.41, 5.74) is 7.59. The predicted molar refractivity (Wildman–Crippen MR) is 66.7 cm³/mol. The van der Waals surface area contributed by atoms with E-state index in [9.17, 15) is 0 Å². The van der Waals surface area contributed by atoms with Crippen LogP contribution >= 0.6 is 0 Å². The Kier molecular flexibility index (Phi) is 3.20. The van der Waals surface area contributed by atoms with Gasteiger partial charge in [0.1, 0.15) is 11.9 Å². The molecule has 2 nitrogen and oxygen atoms in total. The fourth-order valence-electron chi connectivity index (χ4n) is 2.36. The predicted octanol–water partition coefficient (Wildman–Crippen LogP) is 2.90. The smallest absolute Gasteiger partial charge is 0.123 e. The zero-order chi connectivity index (χ0) is 11.6. The van der Waals surface area contributed by atoms with Crippen molar-refractivity contribution in [2.24, 2.45) is 5.73 Å². The van der Waals surface area contributed by atoms with Crippen LogP contribution in [0.4, 0.5) is 0 Å². The van der Waals surface area contributed by atoms with E-state index < -0.39 is 0 Å². The molecule has 0 amide bonds. The van der Waals surface area contributed by atoms with E-state index in [2.05, 4.69) is 26.0 Å². The molecule has 0 aliphatic carbocycles. The summed E-state index contributed by atoms with van der Waals surface area (Å²) in [5.74, 6) is 1.04. The minimum Gasteiger partial charge on any atom is -0.490 e. The van der Waals surface area contributed by atoms with Gasteiger partial charge in [-0.15, -0.1) is 0 Å². The molecule has 0 radical (unpaired) electrons. The Hall–Kier alpha value is -1.02. The Bertz CT molecular complexity index is 333. The fraction of sp³-hybridized carbons (Fsp3) is 0.571. The van der Waals surface area contributed by atoms with Gasteiger partial charge in [0.2, 0.25) is 0 Å². The normalized spacial score (nSPS) is 19.3. The summed E-state index contributed by atoms with van der Waals surface area (Å²) in [6.07, 6.45) is 4.26. The highest BCUT2D eigenvalue weighted by atomic mass is 16.5. The van der Waals surface area contributed by atoms with Crippen LogP contribution in [0.3, 0.4) is 0 Å². The quantitative estimate of drug-likeness (QED) is 0.845. The third kappa shape index (κ3) is 2.22. The van der Waals surface area contributed by atoms with Crippen LogP contribution in [0.5, 0.6) is 5.75 Å². The number of rotatable bonds is 4. The lowest BCUT2D eigenvalue weighted by Gasteiger charge is -2.29. The van der Waals surface area contributed by atoms with Crippen LogP contribution in [-0.4, -0.2) is 11.6 Å². The van der Waals surface area contributed by atoms with E-state index in [1.54, 1.807) is 0 Å². The first-order valence-corrected chi connectivity index (χ1v) is 6.20. The molecule has 1 unspecified atom stereocenters. The SMILES string of the molecule is CCC(N)(CC)CC1Cc2ccccc2O1. The van der Waals surface area contributed by atoms with E-state index in [0.717, 1.165) is 31.4 Å². The summed E-state index contributed by atoms with van der Waals surface area (Å²) in [6.45, 7) is 4.32. The summed E-state index contributed by atoms with van der Waals surface area (Å²) in [5, 5.41) is 0. The third-order valence-corrected chi connectivity index (χ3v) is 3.76. The lowest BCUT2D eigenvalue weighted by atomic mass is 9.87. The number of ether oxygens (including phenoxy) is 1. The number of hydrogen-bond acceptors (Lipinski definition) is 2. The van der Waals surface area contributed by atoms with Crippen LogP contribution in [0.2, 0.25) is 0 Å². The minimum absolute atomic E-state index is 0.0628. The highest BCUT2D eigenvalue weighted by Crippen LogP contribution is 2.32. The Balaban J connectivity index is 2.02. The fourth-order valence-corrected chi connectivity index (χ4v) is 2.36. The van der Waals surface area contributed by atoms with E-state index in [4.69, 9.17) is 10.5 Å². The molecule has 1 aliphatic rings. The van der Waals surface area contributed by atoms with Crippen LogP contribution < -0.4 is 10.5 Å². The summed E-state index contributed by atoms with van der Waals surface area (Å²) < 4.78 is 5.93. The highest BCUT2D eigenvalue weighted by Gasteiger charge is 2.30. The van der Waals surface area contributed by atoms with Crippen LogP contribution in [0.15, 0.2) is 24.3 Å². The maximum absolute atomic E-state index is 6.33. The molecule has 1 aliphatic heterocycles. The maximum atomic E-state index is 6.33. The lowest BCUT2D eigenvalue weighted by Crippen LogP contribution is -2.42. The van der Waals surface area contributed by atoms with Gasteiger partial charge < -0.3 is 10.5 Å². The van der Waals surface area contributed by atoms with Gasteiger partial charge in [0.15, 0.2) is 0 Å². The van der Waals surface area contributed by atoms with E-state index in [1.165, 1.54) is 5.56 Å². The van der Waals surface area contributed by atoms with Crippen molar-refractivity contribution >= 4 is 0 Å². The molecule has 1 aromatic rings. The third-order valence-electron chi connectivity index (χ3n) is 3.76. The summed E-state index contributed by atoms with van der Waals surface area (Å²) in [6, 6.07) is 8.29. The molecule has 0 saturated carbocycles. The van der Waals surface area contributed by atoms with Gasteiger partial charge in [-0.1, -0.05) is 32.0 Å². The van der Waals surface area contributed by atoms with Crippen molar-refractivity contribution in [2.45, 2.75) is 51.2 Å². The highest BCUT2D eigenvalue weighted by molar-refractivity contribution is 5.37. The molecular weight excluding hydrogens is 198 g/mol. The molecule has 0 aromatic heterocycles. The second-order valence-electron chi connectivity index (χ2n) is 4.83. The molecule has 0 bridgehead atoms. The summed E-state index contributed by atoms with van der Waals surface area (Å²) >= 11 is 0. The Labute approximate surface area is 97.8 Å². The van der Waals surface area contributed by atoms with Crippen molar-refractivity contribution in [3.8, 4) is 5.75 Å². The molecule has 0 spiro atoms. The molecular formula is C14H21NO. The topological polar surface area (TPSA) is 35.2 Å². The van der Waals surface area contributed by atoms with Crippen LogP contribution in [0.1, 0.15) is 38.7 Å². The van der Waals surface area contributed by atoms with Crippen molar-refractivity contribution < 1.29 is 4.74 Å². The second-order valence-corrected chi connectivity index (χ2v) is 4.83. The Morgan fingerprint density at radius 2 is 2.00 bits per heavy atom. The zero-order valence-corrected chi connectivity index (χ0v) is 10.2. The van der Waals surface area contributed by atoms with Crippen molar-refractivity contribution in [3.63, 3.8) is 0 Å². The average molecular weight is 219 g/mol. The van der Waals surface area contributed by atoms with Gasteiger partial charge in [0.05, 0.1) is 0 Å². The van der Waals surface area contributed by atoms with Crippen LogP contribution in [0, 0.1) is 0 Å². The van der Waals surface area contributed by atoms with Gasteiger partial charge >= 0.3 is 0 Å². The molecule has 1 atom stereocenters. The number of fused-ring (bicyclic) bond motifs is 1. The van der Waals surface area contributed by atoms with E-state index in [1.807, 2.05) is 12.1 Å². The van der Waals surface area contributed by atoms with Crippen LogP contribution in [-0.2, 0) is 6.42 Å². The van der Waals surface area contributed by atoms with Crippen molar-refractivity contribution in [1.29, 1.82) is 0 Å². The minimum atomic E-state index is -0.0628. The molecule has 0 fully saturated rings. The van der Waals surface area contributed by atoms with E-state index in [-0.39, 0.29) is 11.6 Å². The van der Waals surface area contributed by atoms with Gasteiger partial charge in [-0.2, -0.15) is 0 Å². The largest absolute Gasteiger partial charge is 0.490 e. The molecule has 16 heavy (non-hydrogen) atoms. The first kappa shape index (κ1) is 11.5. The lowest BCUT2D eigenvalue weighted by molar-refractivity contribution is 0.173. The molecule has 2 heteroatoms. The van der Waals surface area contributed by atoms with Crippen molar-refractivity contribution in [1.82, 2.24) is 0 Å².